The molecule has 1 aliphatic carbocycles. The van der Waals surface area contributed by atoms with E-state index in [1.165, 1.54) is 60.3 Å². The number of thiophene rings is 1. The van der Waals surface area contributed by atoms with E-state index >= 15 is 0 Å². The second-order valence-electron chi connectivity index (χ2n) is 6.24. The highest BCUT2D eigenvalue weighted by atomic mass is 32.1. The Morgan fingerprint density at radius 2 is 1.80 bits per heavy atom. The lowest BCUT2D eigenvalue weighted by Gasteiger charge is -2.27. The number of aryl methyl sites for hydroxylation is 1. The summed E-state index contributed by atoms with van der Waals surface area (Å²) in [5, 5.41) is 10.8. The SMILES string of the molecule is CCc1sc(C(CC)CC)cc1C(O)C1CCCCC1. The van der Waals surface area contributed by atoms with Gasteiger partial charge in [0.15, 0.2) is 0 Å². The van der Waals surface area contributed by atoms with Gasteiger partial charge in [0, 0.05) is 9.75 Å². The maximum atomic E-state index is 10.8. The summed E-state index contributed by atoms with van der Waals surface area (Å²) >= 11 is 1.95. The first-order valence-electron chi connectivity index (χ1n) is 8.51. The summed E-state index contributed by atoms with van der Waals surface area (Å²) in [6, 6.07) is 2.33. The van der Waals surface area contributed by atoms with Crippen molar-refractivity contribution in [3.8, 4) is 0 Å². The van der Waals surface area contributed by atoms with Crippen molar-refractivity contribution in [2.24, 2.45) is 5.92 Å². The Bertz CT molecular complexity index is 400. The number of aliphatic hydroxyl groups is 1. The van der Waals surface area contributed by atoms with Crippen LogP contribution in [0.1, 0.15) is 93.1 Å². The van der Waals surface area contributed by atoms with Crippen molar-refractivity contribution in [3.05, 3.63) is 21.4 Å². The molecule has 1 heterocycles. The van der Waals surface area contributed by atoms with Crippen LogP contribution in [0.3, 0.4) is 0 Å². The third-order valence-electron chi connectivity index (χ3n) is 4.98. The number of rotatable bonds is 6. The van der Waals surface area contributed by atoms with Crippen LogP contribution in [0.4, 0.5) is 0 Å². The zero-order valence-corrected chi connectivity index (χ0v) is 14.1. The molecule has 1 nitrogen and oxygen atoms in total. The van der Waals surface area contributed by atoms with Gasteiger partial charge in [-0.15, -0.1) is 11.3 Å². The third-order valence-corrected chi connectivity index (χ3v) is 6.44. The smallest absolute Gasteiger partial charge is 0.0829 e. The number of hydrogen-bond acceptors (Lipinski definition) is 2. The normalized spacial score (nSPS) is 18.6. The maximum absolute atomic E-state index is 10.8. The fraction of sp³-hybridized carbons (Fsp3) is 0.778. The monoisotopic (exact) mass is 294 g/mol. The Balaban J connectivity index is 2.20. The molecule has 1 fully saturated rings. The van der Waals surface area contributed by atoms with E-state index in [-0.39, 0.29) is 6.10 Å². The van der Waals surface area contributed by atoms with E-state index in [2.05, 4.69) is 26.8 Å². The third kappa shape index (κ3) is 3.46. The molecule has 1 aliphatic rings. The van der Waals surface area contributed by atoms with Crippen molar-refractivity contribution < 1.29 is 5.11 Å². The molecule has 1 N–H and O–H groups in total. The van der Waals surface area contributed by atoms with Crippen molar-refractivity contribution in [2.75, 3.05) is 0 Å². The zero-order valence-electron chi connectivity index (χ0n) is 13.3. The highest BCUT2D eigenvalue weighted by Crippen LogP contribution is 2.41. The van der Waals surface area contributed by atoms with Crippen LogP contribution in [0.25, 0.3) is 0 Å². The van der Waals surface area contributed by atoms with Crippen molar-refractivity contribution in [2.45, 2.75) is 84.2 Å². The van der Waals surface area contributed by atoms with Crippen LogP contribution in [0, 0.1) is 5.92 Å². The van der Waals surface area contributed by atoms with E-state index < -0.39 is 0 Å². The van der Waals surface area contributed by atoms with Gasteiger partial charge in [0.05, 0.1) is 6.10 Å². The van der Waals surface area contributed by atoms with Crippen LogP contribution in [0.5, 0.6) is 0 Å². The van der Waals surface area contributed by atoms with Gasteiger partial charge >= 0.3 is 0 Å². The van der Waals surface area contributed by atoms with Gasteiger partial charge in [0.25, 0.3) is 0 Å². The first-order valence-corrected chi connectivity index (χ1v) is 9.33. The molecule has 0 spiro atoms. The summed E-state index contributed by atoms with van der Waals surface area (Å²) in [4.78, 5) is 2.92. The lowest BCUT2D eigenvalue weighted by molar-refractivity contribution is 0.0845. The first kappa shape index (κ1) is 16.0. The molecule has 1 aromatic heterocycles. The Labute approximate surface area is 128 Å². The van der Waals surface area contributed by atoms with Gasteiger partial charge < -0.3 is 5.11 Å². The van der Waals surface area contributed by atoms with Crippen LogP contribution in [-0.2, 0) is 6.42 Å². The van der Waals surface area contributed by atoms with Crippen LogP contribution in [-0.4, -0.2) is 5.11 Å². The van der Waals surface area contributed by atoms with Gasteiger partial charge in [-0.05, 0) is 55.6 Å². The van der Waals surface area contributed by atoms with E-state index in [4.69, 9.17) is 0 Å². The number of aliphatic hydroxyl groups excluding tert-OH is 1. The molecule has 0 saturated heterocycles. The Morgan fingerprint density at radius 3 is 2.35 bits per heavy atom. The summed E-state index contributed by atoms with van der Waals surface area (Å²) in [7, 11) is 0. The lowest BCUT2D eigenvalue weighted by atomic mass is 9.82. The molecule has 114 valence electrons. The molecule has 2 heteroatoms. The van der Waals surface area contributed by atoms with Gasteiger partial charge in [0.2, 0.25) is 0 Å². The lowest BCUT2D eigenvalue weighted by Crippen LogP contribution is -2.16. The van der Waals surface area contributed by atoms with Crippen molar-refractivity contribution in [1.82, 2.24) is 0 Å². The molecule has 1 aromatic rings. The fourth-order valence-electron chi connectivity index (χ4n) is 3.59. The van der Waals surface area contributed by atoms with Crippen molar-refractivity contribution >= 4 is 11.3 Å². The van der Waals surface area contributed by atoms with Gasteiger partial charge in [-0.2, -0.15) is 0 Å². The Hall–Kier alpha value is -0.340. The molecular formula is C18H30OS. The van der Waals surface area contributed by atoms with Gasteiger partial charge in [-0.25, -0.2) is 0 Å². The van der Waals surface area contributed by atoms with Gasteiger partial charge in [0.1, 0.15) is 0 Å². The van der Waals surface area contributed by atoms with E-state index in [0.717, 1.165) is 6.42 Å². The van der Waals surface area contributed by atoms with Crippen molar-refractivity contribution in [3.63, 3.8) is 0 Å². The Morgan fingerprint density at radius 1 is 1.15 bits per heavy atom. The summed E-state index contributed by atoms with van der Waals surface area (Å²) in [5.41, 5.74) is 1.26. The molecule has 0 radical (unpaired) electrons. The molecule has 0 amide bonds. The average Bonchev–Trinajstić information content (AvgIpc) is 2.93. The molecule has 2 rings (SSSR count). The van der Waals surface area contributed by atoms with Crippen molar-refractivity contribution in [1.29, 1.82) is 0 Å². The minimum Gasteiger partial charge on any atom is -0.388 e. The molecule has 0 aliphatic heterocycles. The van der Waals surface area contributed by atoms with Crippen LogP contribution in [0.2, 0.25) is 0 Å². The maximum Gasteiger partial charge on any atom is 0.0829 e. The van der Waals surface area contributed by atoms with Gasteiger partial charge in [-0.3, -0.25) is 0 Å². The highest BCUT2D eigenvalue weighted by Gasteiger charge is 2.26. The van der Waals surface area contributed by atoms with E-state index in [1.54, 1.807) is 0 Å². The average molecular weight is 295 g/mol. The second kappa shape index (κ2) is 7.61. The molecule has 1 atom stereocenters. The van der Waals surface area contributed by atoms with E-state index in [9.17, 15) is 5.11 Å². The molecule has 1 unspecified atom stereocenters. The molecule has 0 aromatic carbocycles. The molecule has 1 saturated carbocycles. The van der Waals surface area contributed by atoms with Gasteiger partial charge in [-0.1, -0.05) is 40.0 Å². The van der Waals surface area contributed by atoms with E-state index in [1.807, 2.05) is 11.3 Å². The fourth-order valence-corrected chi connectivity index (χ4v) is 5.00. The summed E-state index contributed by atoms with van der Waals surface area (Å²) < 4.78 is 0. The van der Waals surface area contributed by atoms with Crippen LogP contribution >= 0.6 is 11.3 Å². The minimum atomic E-state index is -0.218. The number of hydrogen-bond donors (Lipinski definition) is 1. The second-order valence-corrected chi connectivity index (χ2v) is 7.41. The predicted octanol–water partition coefficient (Wildman–Crippen LogP) is 5.83. The predicted molar refractivity (Wildman–Crippen MR) is 88.6 cm³/mol. The van der Waals surface area contributed by atoms with Crippen LogP contribution < -0.4 is 0 Å². The highest BCUT2D eigenvalue weighted by molar-refractivity contribution is 7.12. The zero-order chi connectivity index (χ0) is 14.5. The quantitative estimate of drug-likeness (QED) is 0.700. The Kier molecular flexibility index (Phi) is 6.10. The summed E-state index contributed by atoms with van der Waals surface area (Å²) in [6.45, 7) is 6.77. The first-order chi connectivity index (χ1) is 9.71. The summed E-state index contributed by atoms with van der Waals surface area (Å²) in [5.74, 6) is 1.18. The largest absolute Gasteiger partial charge is 0.388 e. The molecular weight excluding hydrogens is 264 g/mol. The standard InChI is InChI=1S/C18H30OS/c1-4-13(5-2)17-12-15(16(6-3)20-17)18(19)14-10-8-7-9-11-14/h12-14,18-19H,4-11H2,1-3H3. The summed E-state index contributed by atoms with van der Waals surface area (Å²) in [6.07, 6.45) is 9.62. The van der Waals surface area contributed by atoms with E-state index in [0.29, 0.717) is 11.8 Å². The molecule has 0 bridgehead atoms. The molecule has 20 heavy (non-hydrogen) atoms. The van der Waals surface area contributed by atoms with Crippen LogP contribution in [0.15, 0.2) is 6.07 Å². The minimum absolute atomic E-state index is 0.218. The topological polar surface area (TPSA) is 20.2 Å².